The van der Waals surface area contributed by atoms with E-state index in [1.165, 1.54) is 6.07 Å². The quantitative estimate of drug-likeness (QED) is 0.437. The second-order valence-electron chi connectivity index (χ2n) is 7.39. The maximum absolute atomic E-state index is 13.6. The third-order valence-electron chi connectivity index (χ3n) is 5.48. The number of aromatic nitrogens is 1. The smallest absolute Gasteiger partial charge is 0.254 e. The Kier molecular flexibility index (Phi) is 4.54. The summed E-state index contributed by atoms with van der Waals surface area (Å²) in [7, 11) is 0. The van der Waals surface area contributed by atoms with E-state index < -0.39 is 11.6 Å². The van der Waals surface area contributed by atoms with Gasteiger partial charge in [0.25, 0.3) is 5.91 Å². The number of likely N-dealkylation sites (tertiary alicyclic amines) is 1. The van der Waals surface area contributed by atoms with E-state index in [1.54, 1.807) is 35.2 Å². The Morgan fingerprint density at radius 2 is 1.73 bits per heavy atom. The molecule has 0 spiro atoms. The second kappa shape index (κ2) is 7.37. The summed E-state index contributed by atoms with van der Waals surface area (Å²) in [6.07, 6.45) is 1.66. The van der Waals surface area contributed by atoms with Crippen LogP contribution in [0.3, 0.4) is 0 Å². The molecule has 0 N–H and O–H groups in total. The van der Waals surface area contributed by atoms with E-state index in [2.05, 4.69) is 4.98 Å². The van der Waals surface area contributed by atoms with Crippen LogP contribution in [0.25, 0.3) is 22.2 Å². The van der Waals surface area contributed by atoms with Gasteiger partial charge in [-0.25, -0.2) is 13.8 Å². The molecule has 4 nitrogen and oxygen atoms in total. The van der Waals surface area contributed by atoms with Gasteiger partial charge in [-0.15, -0.1) is 0 Å². The molecule has 0 bridgehead atoms. The Morgan fingerprint density at radius 3 is 2.53 bits per heavy atom. The van der Waals surface area contributed by atoms with Crippen LogP contribution in [0.2, 0.25) is 0 Å². The summed E-state index contributed by atoms with van der Waals surface area (Å²) in [5.41, 5.74) is 3.12. The predicted octanol–water partition coefficient (Wildman–Crippen LogP) is 5.75. The lowest BCUT2D eigenvalue weighted by atomic mass is 10.1. The fourth-order valence-electron chi connectivity index (χ4n) is 3.96. The molecule has 1 aliphatic rings. The van der Waals surface area contributed by atoms with Crippen molar-refractivity contribution in [2.75, 3.05) is 6.54 Å². The van der Waals surface area contributed by atoms with Crippen LogP contribution in [0.15, 0.2) is 71.1 Å². The van der Waals surface area contributed by atoms with Gasteiger partial charge in [0.2, 0.25) is 5.89 Å². The maximum atomic E-state index is 13.6. The van der Waals surface area contributed by atoms with Crippen molar-refractivity contribution in [3.05, 3.63) is 89.8 Å². The summed E-state index contributed by atoms with van der Waals surface area (Å²) in [4.78, 5) is 19.4. The van der Waals surface area contributed by atoms with Gasteiger partial charge in [-0.1, -0.05) is 30.3 Å². The van der Waals surface area contributed by atoms with Gasteiger partial charge >= 0.3 is 0 Å². The van der Waals surface area contributed by atoms with Crippen molar-refractivity contribution in [2.45, 2.75) is 18.9 Å². The number of amides is 1. The molecule has 6 heteroatoms. The number of oxazole rings is 1. The van der Waals surface area contributed by atoms with Gasteiger partial charge < -0.3 is 9.32 Å². The van der Waals surface area contributed by atoms with Crippen molar-refractivity contribution in [3.63, 3.8) is 0 Å². The standard InChI is InChI=1S/C24H18F2N2O2/c25-18-10-8-16(13-19(18)26)17-9-11-22-20(14-17)27-23(30-22)21-7-4-12-28(21)24(29)15-5-2-1-3-6-15/h1-3,5-6,8-11,13-14,21H,4,7,12H2. The van der Waals surface area contributed by atoms with E-state index in [9.17, 15) is 13.6 Å². The number of halogens is 2. The number of hydrogen-bond donors (Lipinski definition) is 0. The predicted molar refractivity (Wildman–Crippen MR) is 109 cm³/mol. The van der Waals surface area contributed by atoms with E-state index >= 15 is 0 Å². The normalized spacial score (nSPS) is 16.3. The molecule has 5 rings (SSSR count). The molecular weight excluding hydrogens is 386 g/mol. The fourth-order valence-corrected chi connectivity index (χ4v) is 3.96. The average Bonchev–Trinajstić information content (AvgIpc) is 3.42. The molecule has 1 unspecified atom stereocenters. The Hall–Kier alpha value is -3.54. The number of carbonyl (C=O) groups is 1. The minimum Gasteiger partial charge on any atom is -0.438 e. The molecule has 0 radical (unpaired) electrons. The lowest BCUT2D eigenvalue weighted by Gasteiger charge is -2.22. The van der Waals surface area contributed by atoms with Gasteiger partial charge in [-0.3, -0.25) is 4.79 Å². The van der Waals surface area contributed by atoms with E-state index in [0.717, 1.165) is 25.0 Å². The highest BCUT2D eigenvalue weighted by Gasteiger charge is 2.34. The largest absolute Gasteiger partial charge is 0.438 e. The van der Waals surface area contributed by atoms with Crippen LogP contribution >= 0.6 is 0 Å². The molecule has 1 amide bonds. The summed E-state index contributed by atoms with van der Waals surface area (Å²) in [6.45, 7) is 0.650. The summed E-state index contributed by atoms with van der Waals surface area (Å²) >= 11 is 0. The molecular formula is C24H18F2N2O2. The van der Waals surface area contributed by atoms with E-state index in [1.807, 2.05) is 18.2 Å². The molecule has 1 fully saturated rings. The molecule has 1 aliphatic heterocycles. The number of benzene rings is 3. The number of fused-ring (bicyclic) bond motifs is 1. The molecule has 1 saturated heterocycles. The zero-order chi connectivity index (χ0) is 20.7. The van der Waals surface area contributed by atoms with Crippen molar-refractivity contribution < 1.29 is 18.0 Å². The van der Waals surface area contributed by atoms with Crippen molar-refractivity contribution in [3.8, 4) is 11.1 Å². The van der Waals surface area contributed by atoms with Gasteiger partial charge in [0.15, 0.2) is 17.2 Å². The van der Waals surface area contributed by atoms with Crippen molar-refractivity contribution >= 4 is 17.0 Å². The first-order valence-corrected chi connectivity index (χ1v) is 9.82. The third kappa shape index (κ3) is 3.24. The molecule has 2 heterocycles. The van der Waals surface area contributed by atoms with Gasteiger partial charge in [0.05, 0.1) is 0 Å². The Morgan fingerprint density at radius 1 is 0.967 bits per heavy atom. The number of hydrogen-bond acceptors (Lipinski definition) is 3. The third-order valence-corrected chi connectivity index (χ3v) is 5.48. The van der Waals surface area contributed by atoms with Crippen LogP contribution in [-0.4, -0.2) is 22.3 Å². The minimum absolute atomic E-state index is 0.0390. The van der Waals surface area contributed by atoms with Gasteiger partial charge in [-0.05, 0) is 60.4 Å². The van der Waals surface area contributed by atoms with Crippen LogP contribution in [0.4, 0.5) is 8.78 Å². The first-order chi connectivity index (χ1) is 14.6. The highest BCUT2D eigenvalue weighted by atomic mass is 19.2. The second-order valence-corrected chi connectivity index (χ2v) is 7.39. The number of rotatable bonds is 3. The molecule has 4 aromatic rings. The monoisotopic (exact) mass is 404 g/mol. The summed E-state index contributed by atoms with van der Waals surface area (Å²) in [6, 6.07) is 18.1. The fraction of sp³-hybridized carbons (Fsp3) is 0.167. The van der Waals surface area contributed by atoms with Gasteiger partial charge in [0, 0.05) is 12.1 Å². The van der Waals surface area contributed by atoms with E-state index in [0.29, 0.717) is 40.2 Å². The lowest BCUT2D eigenvalue weighted by molar-refractivity contribution is 0.0717. The Labute approximate surface area is 171 Å². The molecule has 150 valence electrons. The molecule has 30 heavy (non-hydrogen) atoms. The SMILES string of the molecule is O=C(c1ccccc1)N1CCCC1c1nc2cc(-c3ccc(F)c(F)c3)ccc2o1. The average molecular weight is 404 g/mol. The summed E-state index contributed by atoms with van der Waals surface area (Å²) < 4.78 is 32.8. The van der Waals surface area contributed by atoms with E-state index in [4.69, 9.17) is 4.42 Å². The lowest BCUT2D eigenvalue weighted by Crippen LogP contribution is -2.30. The molecule has 0 aliphatic carbocycles. The van der Waals surface area contributed by atoms with Crippen LogP contribution < -0.4 is 0 Å². The maximum Gasteiger partial charge on any atom is 0.254 e. The Balaban J connectivity index is 1.47. The molecule has 1 atom stereocenters. The molecule has 0 saturated carbocycles. The van der Waals surface area contributed by atoms with Crippen LogP contribution in [0, 0.1) is 11.6 Å². The first-order valence-electron chi connectivity index (χ1n) is 9.82. The topological polar surface area (TPSA) is 46.3 Å². The zero-order valence-electron chi connectivity index (χ0n) is 16.0. The molecule has 3 aromatic carbocycles. The number of carbonyl (C=O) groups excluding carboxylic acids is 1. The first kappa shape index (κ1) is 18.5. The van der Waals surface area contributed by atoms with Crippen LogP contribution in [0.1, 0.15) is 35.1 Å². The zero-order valence-corrected chi connectivity index (χ0v) is 16.0. The Bertz CT molecular complexity index is 1240. The highest BCUT2D eigenvalue weighted by Crippen LogP contribution is 2.35. The summed E-state index contributed by atoms with van der Waals surface area (Å²) in [5.74, 6) is -1.32. The highest BCUT2D eigenvalue weighted by molar-refractivity contribution is 5.94. The molecule has 1 aromatic heterocycles. The van der Waals surface area contributed by atoms with Crippen LogP contribution in [0.5, 0.6) is 0 Å². The van der Waals surface area contributed by atoms with E-state index in [-0.39, 0.29) is 11.9 Å². The van der Waals surface area contributed by atoms with Crippen molar-refractivity contribution in [1.29, 1.82) is 0 Å². The van der Waals surface area contributed by atoms with Crippen molar-refractivity contribution in [2.24, 2.45) is 0 Å². The van der Waals surface area contributed by atoms with Crippen molar-refractivity contribution in [1.82, 2.24) is 9.88 Å². The minimum atomic E-state index is -0.894. The van der Waals surface area contributed by atoms with Crippen LogP contribution in [-0.2, 0) is 0 Å². The van der Waals surface area contributed by atoms with Gasteiger partial charge in [0.1, 0.15) is 11.6 Å². The van der Waals surface area contributed by atoms with Gasteiger partial charge in [-0.2, -0.15) is 0 Å². The summed E-state index contributed by atoms with van der Waals surface area (Å²) in [5, 5.41) is 0. The number of nitrogens with zero attached hydrogens (tertiary/aromatic N) is 2.